The Morgan fingerprint density at radius 2 is 1.42 bits per heavy atom. The number of methoxy groups -OCH3 is 1. The molecule has 0 aromatic heterocycles. The number of carbonyl (C=O) groups excluding carboxylic acids is 2. The SMILES string of the molecule is COC1=C(C)C(=O)C2=C(C1=O)[C@@H](CO[Si](c1ccccc1)(c1ccccc1)C(C)(C)C)[C@H]1[C@H](O)[C@H](OCc3ccccc3)CN21. The van der Waals surface area contributed by atoms with Gasteiger partial charge < -0.3 is 23.9 Å². The van der Waals surface area contributed by atoms with Crippen molar-refractivity contribution in [3.05, 3.63) is 119 Å². The van der Waals surface area contributed by atoms with Crippen LogP contribution in [0.25, 0.3) is 0 Å². The summed E-state index contributed by atoms with van der Waals surface area (Å²) in [6.45, 7) is 9.00. The van der Waals surface area contributed by atoms with Crippen LogP contribution in [-0.4, -0.2) is 68.4 Å². The molecule has 6 rings (SSSR count). The summed E-state index contributed by atoms with van der Waals surface area (Å²) in [7, 11) is -1.57. The van der Waals surface area contributed by atoms with Gasteiger partial charge in [-0.25, -0.2) is 0 Å². The first-order valence-corrected chi connectivity index (χ1v) is 17.4. The zero-order valence-electron chi connectivity index (χ0n) is 26.5. The van der Waals surface area contributed by atoms with E-state index in [1.165, 1.54) is 7.11 Å². The van der Waals surface area contributed by atoms with Gasteiger partial charge in [0.1, 0.15) is 12.2 Å². The van der Waals surface area contributed by atoms with Crippen LogP contribution in [0, 0.1) is 5.92 Å². The first-order chi connectivity index (χ1) is 21.6. The lowest BCUT2D eigenvalue weighted by Crippen LogP contribution is -2.67. The number of aliphatic hydroxyl groups excluding tert-OH is 1. The van der Waals surface area contributed by atoms with Crippen LogP contribution in [0.4, 0.5) is 0 Å². The fourth-order valence-electron chi connectivity index (χ4n) is 7.46. The molecule has 1 aliphatic carbocycles. The largest absolute Gasteiger partial charge is 0.492 e. The predicted molar refractivity (Wildman–Crippen MR) is 175 cm³/mol. The molecule has 2 aliphatic heterocycles. The zero-order chi connectivity index (χ0) is 31.9. The van der Waals surface area contributed by atoms with Crippen molar-refractivity contribution >= 4 is 30.3 Å². The van der Waals surface area contributed by atoms with E-state index in [2.05, 4.69) is 45.0 Å². The number of nitrogens with zero attached hydrogens (tertiary/aromatic N) is 1. The number of ether oxygens (including phenoxy) is 2. The highest BCUT2D eigenvalue weighted by molar-refractivity contribution is 6.99. The molecule has 7 nitrogen and oxygen atoms in total. The molecule has 3 aromatic rings. The minimum atomic E-state index is -2.99. The monoisotopic (exact) mass is 623 g/mol. The smallest absolute Gasteiger partial charge is 0.261 e. The van der Waals surface area contributed by atoms with Gasteiger partial charge in [-0.05, 0) is 27.9 Å². The van der Waals surface area contributed by atoms with Crippen LogP contribution < -0.4 is 10.4 Å². The van der Waals surface area contributed by atoms with Gasteiger partial charge in [-0.1, -0.05) is 112 Å². The quantitative estimate of drug-likeness (QED) is 0.283. The molecule has 3 aliphatic rings. The molecule has 45 heavy (non-hydrogen) atoms. The Labute approximate surface area is 266 Å². The lowest BCUT2D eigenvalue weighted by molar-refractivity contribution is -0.119. The van der Waals surface area contributed by atoms with Crippen molar-refractivity contribution in [3.63, 3.8) is 0 Å². The standard InChI is InChI=1S/C37H41NO6Si/c1-24-33(39)32-30(35(41)36(24)42-5)28(31-34(40)29(21-38(31)32)43-22-25-15-9-6-10-16-25)23-44-45(37(2,3)4,26-17-11-7-12-18-26)27-19-13-8-14-20-27/h6-20,28-29,31,34,40H,21-23H2,1-5H3/t28-,29-,31+,34-/m1/s1. The highest BCUT2D eigenvalue weighted by Gasteiger charge is 2.59. The van der Waals surface area contributed by atoms with Gasteiger partial charge in [-0.3, -0.25) is 9.59 Å². The maximum Gasteiger partial charge on any atom is 0.261 e. The molecule has 0 amide bonds. The molecule has 0 unspecified atom stereocenters. The minimum absolute atomic E-state index is 0.0572. The van der Waals surface area contributed by atoms with E-state index in [0.29, 0.717) is 24.4 Å². The fourth-order valence-corrected chi connectivity index (χ4v) is 12.0. The highest BCUT2D eigenvalue weighted by Crippen LogP contribution is 2.47. The summed E-state index contributed by atoms with van der Waals surface area (Å²) in [4.78, 5) is 29.8. The lowest BCUT2D eigenvalue weighted by Gasteiger charge is -2.44. The summed E-state index contributed by atoms with van der Waals surface area (Å²) in [5.41, 5.74) is 1.97. The van der Waals surface area contributed by atoms with E-state index in [4.69, 9.17) is 13.9 Å². The first-order valence-electron chi connectivity index (χ1n) is 15.5. The van der Waals surface area contributed by atoms with Crippen molar-refractivity contribution in [1.29, 1.82) is 0 Å². The van der Waals surface area contributed by atoms with Crippen LogP contribution in [0.1, 0.15) is 33.3 Å². The summed E-state index contributed by atoms with van der Waals surface area (Å²) in [5.74, 6) is -1.09. The van der Waals surface area contributed by atoms with E-state index in [0.717, 1.165) is 15.9 Å². The van der Waals surface area contributed by atoms with Gasteiger partial charge in [-0.2, -0.15) is 0 Å². The normalized spacial score (nSPS) is 23.5. The zero-order valence-corrected chi connectivity index (χ0v) is 27.5. The molecule has 0 saturated carbocycles. The molecule has 234 valence electrons. The maximum atomic E-state index is 14.0. The van der Waals surface area contributed by atoms with E-state index in [-0.39, 0.29) is 34.5 Å². The molecule has 0 radical (unpaired) electrons. The summed E-state index contributed by atoms with van der Waals surface area (Å²) < 4.78 is 19.0. The number of hydrogen-bond donors (Lipinski definition) is 1. The number of ketones is 2. The van der Waals surface area contributed by atoms with Crippen molar-refractivity contribution in [1.82, 2.24) is 4.90 Å². The third kappa shape index (κ3) is 5.19. The second-order valence-corrected chi connectivity index (χ2v) is 17.4. The van der Waals surface area contributed by atoms with E-state index < -0.39 is 32.5 Å². The van der Waals surface area contributed by atoms with Crippen molar-refractivity contribution in [2.45, 2.75) is 57.6 Å². The molecule has 2 heterocycles. The lowest BCUT2D eigenvalue weighted by atomic mass is 9.84. The molecule has 1 saturated heterocycles. The van der Waals surface area contributed by atoms with Crippen LogP contribution in [0.5, 0.6) is 0 Å². The predicted octanol–water partition coefficient (Wildman–Crippen LogP) is 4.15. The Balaban J connectivity index is 1.41. The highest BCUT2D eigenvalue weighted by atomic mass is 28.4. The minimum Gasteiger partial charge on any atom is -0.492 e. The molecule has 4 atom stereocenters. The molecule has 1 fully saturated rings. The van der Waals surface area contributed by atoms with Gasteiger partial charge in [0.05, 0.1) is 25.5 Å². The van der Waals surface area contributed by atoms with E-state index >= 15 is 0 Å². The van der Waals surface area contributed by atoms with Crippen molar-refractivity contribution in [2.75, 3.05) is 20.3 Å². The summed E-state index contributed by atoms with van der Waals surface area (Å²) in [6.07, 6.45) is -1.49. The van der Waals surface area contributed by atoms with Gasteiger partial charge in [0.15, 0.2) is 5.76 Å². The Morgan fingerprint density at radius 1 is 0.867 bits per heavy atom. The molecular formula is C37H41NO6Si. The first kappa shape index (κ1) is 31.2. The number of fused-ring (bicyclic) bond motifs is 2. The molecule has 1 N–H and O–H groups in total. The Hall–Kier alpha value is -3.82. The third-order valence-electron chi connectivity index (χ3n) is 9.55. The Kier molecular flexibility index (Phi) is 8.43. The Bertz CT molecular complexity index is 1590. The number of Topliss-reactive ketones (excluding diaryl/α,β-unsaturated/α-hetero) is 2. The van der Waals surface area contributed by atoms with Gasteiger partial charge in [0, 0.05) is 30.2 Å². The summed E-state index contributed by atoms with van der Waals surface area (Å²) in [5, 5.41) is 13.8. The van der Waals surface area contributed by atoms with Crippen molar-refractivity contribution in [2.24, 2.45) is 5.92 Å². The third-order valence-corrected chi connectivity index (χ3v) is 14.6. The maximum absolute atomic E-state index is 14.0. The summed E-state index contributed by atoms with van der Waals surface area (Å²) in [6, 6.07) is 29.9. The van der Waals surface area contributed by atoms with Crippen LogP contribution in [0.2, 0.25) is 5.04 Å². The van der Waals surface area contributed by atoms with Crippen LogP contribution in [0.3, 0.4) is 0 Å². The van der Waals surface area contributed by atoms with E-state index in [1.54, 1.807) is 6.92 Å². The van der Waals surface area contributed by atoms with E-state index in [1.807, 2.05) is 71.6 Å². The molecule has 3 aromatic carbocycles. The summed E-state index contributed by atoms with van der Waals surface area (Å²) >= 11 is 0. The number of allylic oxidation sites excluding steroid dienone is 2. The average molecular weight is 624 g/mol. The number of aliphatic hydroxyl groups is 1. The topological polar surface area (TPSA) is 85.3 Å². The number of hydrogen-bond acceptors (Lipinski definition) is 7. The van der Waals surface area contributed by atoms with Crippen LogP contribution >= 0.6 is 0 Å². The fraction of sp³-hybridized carbons (Fsp3) is 0.351. The second-order valence-electron chi connectivity index (χ2n) is 13.1. The average Bonchev–Trinajstić information content (AvgIpc) is 3.54. The number of carbonyl (C=O) groups is 2. The molecular weight excluding hydrogens is 582 g/mol. The van der Waals surface area contributed by atoms with Gasteiger partial charge >= 0.3 is 0 Å². The van der Waals surface area contributed by atoms with Gasteiger partial charge in [-0.15, -0.1) is 0 Å². The number of rotatable bonds is 9. The number of benzene rings is 3. The van der Waals surface area contributed by atoms with E-state index in [9.17, 15) is 14.7 Å². The molecule has 0 bridgehead atoms. The van der Waals surface area contributed by atoms with Crippen molar-refractivity contribution in [3.8, 4) is 0 Å². The molecule has 0 spiro atoms. The Morgan fingerprint density at radius 3 is 1.96 bits per heavy atom. The second kappa shape index (κ2) is 12.2. The van der Waals surface area contributed by atoms with Crippen molar-refractivity contribution < 1.29 is 28.6 Å². The molecule has 8 heteroatoms. The van der Waals surface area contributed by atoms with Gasteiger partial charge in [0.2, 0.25) is 11.6 Å². The van der Waals surface area contributed by atoms with Crippen LogP contribution in [-0.2, 0) is 30.1 Å². The van der Waals surface area contributed by atoms with Gasteiger partial charge in [0.25, 0.3) is 8.32 Å². The van der Waals surface area contributed by atoms with Crippen LogP contribution in [0.15, 0.2) is 114 Å².